The molecule has 0 radical (unpaired) electrons. The normalized spacial score (nSPS) is 20.4. The molecule has 1 aliphatic rings. The number of ketones is 1. The standard InChI is InChI=1S/C11H13F4NO5S/c1-2-21-10(4-8(17)11(12,13)14)16-5-7(3-9(16)18)6-22(15,19)20/h4,7H,2-3,5-6H2,1H3. The smallest absolute Gasteiger partial charge is 0.454 e. The average Bonchev–Trinajstić information content (AvgIpc) is 2.65. The Morgan fingerprint density at radius 3 is 2.50 bits per heavy atom. The Hall–Kier alpha value is -1.65. The van der Waals surface area contributed by atoms with E-state index in [-0.39, 0.29) is 25.6 Å². The van der Waals surface area contributed by atoms with Crippen molar-refractivity contribution in [2.75, 3.05) is 18.9 Å². The topological polar surface area (TPSA) is 80.8 Å². The van der Waals surface area contributed by atoms with Crippen LogP contribution in [0.2, 0.25) is 0 Å². The molecule has 0 spiro atoms. The zero-order chi connectivity index (χ0) is 17.1. The van der Waals surface area contributed by atoms with Crippen molar-refractivity contribution in [3.8, 4) is 0 Å². The van der Waals surface area contributed by atoms with E-state index >= 15 is 0 Å². The van der Waals surface area contributed by atoms with Gasteiger partial charge < -0.3 is 4.74 Å². The van der Waals surface area contributed by atoms with Gasteiger partial charge in [0.1, 0.15) is 0 Å². The van der Waals surface area contributed by atoms with Crippen LogP contribution in [-0.4, -0.2) is 50.1 Å². The fourth-order valence-electron chi connectivity index (χ4n) is 1.93. The predicted octanol–water partition coefficient (Wildman–Crippen LogP) is 1.14. The lowest BCUT2D eigenvalue weighted by atomic mass is 10.1. The summed E-state index contributed by atoms with van der Waals surface area (Å²) < 4.78 is 75.3. The Bertz CT molecular complexity index is 584. The zero-order valence-electron chi connectivity index (χ0n) is 11.4. The largest absolute Gasteiger partial charge is 0.479 e. The second-order valence-electron chi connectivity index (χ2n) is 4.56. The molecule has 22 heavy (non-hydrogen) atoms. The summed E-state index contributed by atoms with van der Waals surface area (Å²) in [5.41, 5.74) is 0. The van der Waals surface area contributed by atoms with Gasteiger partial charge in [0.15, 0.2) is 5.88 Å². The fourth-order valence-corrected chi connectivity index (χ4v) is 2.71. The molecule has 1 amide bonds. The van der Waals surface area contributed by atoms with Crippen molar-refractivity contribution in [3.63, 3.8) is 0 Å². The molecule has 0 aliphatic carbocycles. The third kappa shape index (κ3) is 5.28. The van der Waals surface area contributed by atoms with Gasteiger partial charge in [0.25, 0.3) is 5.78 Å². The number of rotatable bonds is 6. The first kappa shape index (κ1) is 18.4. The number of allylic oxidation sites excluding steroid dienone is 1. The number of nitrogens with zero attached hydrogens (tertiary/aromatic N) is 1. The van der Waals surface area contributed by atoms with Crippen molar-refractivity contribution < 1.29 is 39.8 Å². The maximum Gasteiger partial charge on any atom is 0.454 e. The third-order valence-corrected chi connectivity index (χ3v) is 3.60. The molecule has 1 unspecified atom stereocenters. The first-order valence-corrected chi connectivity index (χ1v) is 7.67. The van der Waals surface area contributed by atoms with Crippen LogP contribution in [0.4, 0.5) is 17.1 Å². The van der Waals surface area contributed by atoms with E-state index in [0.717, 1.165) is 0 Å². The lowest BCUT2D eigenvalue weighted by molar-refractivity contribution is -0.165. The number of likely N-dealkylation sites (tertiary alicyclic amines) is 1. The number of carbonyl (C=O) groups excluding carboxylic acids is 2. The highest BCUT2D eigenvalue weighted by atomic mass is 32.3. The molecule has 0 aromatic heterocycles. The van der Waals surface area contributed by atoms with Crippen molar-refractivity contribution >= 4 is 21.9 Å². The van der Waals surface area contributed by atoms with E-state index in [9.17, 15) is 35.1 Å². The van der Waals surface area contributed by atoms with Gasteiger partial charge in [0.05, 0.1) is 18.4 Å². The highest BCUT2D eigenvalue weighted by Gasteiger charge is 2.40. The van der Waals surface area contributed by atoms with Gasteiger partial charge in [-0.3, -0.25) is 14.5 Å². The Morgan fingerprint density at radius 1 is 1.45 bits per heavy atom. The maximum absolute atomic E-state index is 12.6. The molecule has 0 bridgehead atoms. The molecule has 1 atom stereocenters. The van der Waals surface area contributed by atoms with Gasteiger partial charge in [-0.15, -0.1) is 3.89 Å². The summed E-state index contributed by atoms with van der Waals surface area (Å²) in [6, 6.07) is 0. The van der Waals surface area contributed by atoms with E-state index < -0.39 is 45.6 Å². The minimum atomic E-state index is -5.13. The first-order valence-electron chi connectivity index (χ1n) is 6.12. The number of alkyl halides is 3. The molecule has 0 aromatic carbocycles. The monoisotopic (exact) mass is 347 g/mol. The SMILES string of the molecule is CCOC(=CC(=O)C(F)(F)F)N1CC(CS(=O)(=O)F)CC1=O. The van der Waals surface area contributed by atoms with Gasteiger partial charge in [-0.05, 0) is 6.92 Å². The van der Waals surface area contributed by atoms with E-state index in [0.29, 0.717) is 4.90 Å². The summed E-state index contributed by atoms with van der Waals surface area (Å²) in [6.07, 6.45) is -5.38. The summed E-state index contributed by atoms with van der Waals surface area (Å²) in [5, 5.41) is 0. The summed E-state index contributed by atoms with van der Waals surface area (Å²) >= 11 is 0. The molecule has 126 valence electrons. The van der Waals surface area contributed by atoms with Crippen LogP contribution in [-0.2, 0) is 24.5 Å². The quantitative estimate of drug-likeness (QED) is 0.312. The highest BCUT2D eigenvalue weighted by Crippen LogP contribution is 2.26. The number of amides is 1. The van der Waals surface area contributed by atoms with Crippen molar-refractivity contribution in [2.45, 2.75) is 19.5 Å². The van der Waals surface area contributed by atoms with E-state index in [1.165, 1.54) is 6.92 Å². The van der Waals surface area contributed by atoms with Gasteiger partial charge in [-0.1, -0.05) is 0 Å². The molecule has 0 saturated carbocycles. The van der Waals surface area contributed by atoms with Crippen LogP contribution in [0.3, 0.4) is 0 Å². The van der Waals surface area contributed by atoms with Crippen LogP contribution in [0.1, 0.15) is 13.3 Å². The lowest BCUT2D eigenvalue weighted by Gasteiger charge is -2.20. The van der Waals surface area contributed by atoms with Crippen LogP contribution in [0.15, 0.2) is 12.0 Å². The van der Waals surface area contributed by atoms with Gasteiger partial charge in [-0.2, -0.15) is 21.6 Å². The molecule has 11 heteroatoms. The number of hydrogen-bond donors (Lipinski definition) is 0. The van der Waals surface area contributed by atoms with Gasteiger partial charge in [0, 0.05) is 18.9 Å². The second-order valence-corrected chi connectivity index (χ2v) is 5.97. The molecule has 1 fully saturated rings. The Kier molecular flexibility index (Phi) is 5.54. The number of ether oxygens (including phenoxy) is 1. The van der Waals surface area contributed by atoms with Crippen molar-refractivity contribution in [2.24, 2.45) is 5.92 Å². The summed E-state index contributed by atoms with van der Waals surface area (Å²) in [4.78, 5) is 23.4. The lowest BCUT2D eigenvalue weighted by Crippen LogP contribution is -2.29. The molecule has 0 aromatic rings. The zero-order valence-corrected chi connectivity index (χ0v) is 12.2. The van der Waals surface area contributed by atoms with Gasteiger partial charge in [-0.25, -0.2) is 0 Å². The maximum atomic E-state index is 12.6. The first-order chi connectivity index (χ1) is 9.94. The van der Waals surface area contributed by atoms with Crippen LogP contribution in [0, 0.1) is 5.92 Å². The molecular formula is C11H13F4NO5S. The van der Waals surface area contributed by atoms with Gasteiger partial charge in [0.2, 0.25) is 5.91 Å². The van der Waals surface area contributed by atoms with Gasteiger partial charge >= 0.3 is 16.4 Å². The Balaban J connectivity index is 2.95. The van der Waals surface area contributed by atoms with E-state index in [2.05, 4.69) is 0 Å². The van der Waals surface area contributed by atoms with Crippen LogP contribution in [0.5, 0.6) is 0 Å². The van der Waals surface area contributed by atoms with Crippen molar-refractivity contribution in [1.29, 1.82) is 0 Å². The summed E-state index contributed by atoms with van der Waals surface area (Å²) in [6.45, 7) is 0.960. The predicted molar refractivity (Wildman–Crippen MR) is 65.5 cm³/mol. The van der Waals surface area contributed by atoms with Crippen LogP contribution in [0.25, 0.3) is 0 Å². The summed E-state index contributed by atoms with van der Waals surface area (Å²) in [5.74, 6) is -5.45. The Labute approximate surface area is 123 Å². The minimum absolute atomic E-state index is 0.118. The number of carbonyl (C=O) groups is 2. The number of hydrogen-bond acceptors (Lipinski definition) is 5. The van der Waals surface area contributed by atoms with Crippen molar-refractivity contribution in [3.05, 3.63) is 12.0 Å². The molecular weight excluding hydrogens is 334 g/mol. The molecule has 1 heterocycles. The molecule has 1 aliphatic heterocycles. The molecule has 1 rings (SSSR count). The third-order valence-electron chi connectivity index (χ3n) is 2.73. The minimum Gasteiger partial charge on any atom is -0.479 e. The van der Waals surface area contributed by atoms with Crippen molar-refractivity contribution in [1.82, 2.24) is 4.90 Å². The van der Waals surface area contributed by atoms with Crippen LogP contribution < -0.4 is 0 Å². The number of halogens is 4. The summed E-state index contributed by atoms with van der Waals surface area (Å²) in [7, 11) is -4.82. The fraction of sp³-hybridized carbons (Fsp3) is 0.636. The highest BCUT2D eigenvalue weighted by molar-refractivity contribution is 7.86. The Morgan fingerprint density at radius 2 is 2.05 bits per heavy atom. The molecule has 6 nitrogen and oxygen atoms in total. The molecule has 1 saturated heterocycles. The van der Waals surface area contributed by atoms with Crippen LogP contribution >= 0.6 is 0 Å². The van der Waals surface area contributed by atoms with E-state index in [4.69, 9.17) is 4.74 Å². The molecule has 0 N–H and O–H groups in total. The van der Waals surface area contributed by atoms with E-state index in [1.807, 2.05) is 0 Å². The average molecular weight is 347 g/mol. The second kappa shape index (κ2) is 6.63. The van der Waals surface area contributed by atoms with E-state index in [1.54, 1.807) is 0 Å².